The molecule has 0 radical (unpaired) electrons. The predicted octanol–water partition coefficient (Wildman–Crippen LogP) is -0.641. The normalized spacial score (nSPS) is 14.2. The Morgan fingerprint density at radius 2 is 2.07 bits per heavy atom. The molecule has 4 N–H and O–H groups in total. The minimum absolute atomic E-state index is 0.0973. The van der Waals surface area contributed by atoms with Gasteiger partial charge in [-0.1, -0.05) is 0 Å². The number of carbonyl (C=O) groups is 1. The molecule has 14 heavy (non-hydrogen) atoms. The average Bonchev–Trinajstić information content (AvgIpc) is 2.03. The summed E-state index contributed by atoms with van der Waals surface area (Å²) in [5.41, 5.74) is 5.06. The zero-order chi connectivity index (χ0) is 11.1. The highest BCUT2D eigenvalue weighted by Gasteiger charge is 2.10. The van der Waals surface area contributed by atoms with Crippen LogP contribution >= 0.6 is 12.2 Å². The number of hydrogen-bond donors (Lipinski definition) is 3. The van der Waals surface area contributed by atoms with Gasteiger partial charge in [0.15, 0.2) is 5.11 Å². The van der Waals surface area contributed by atoms with Crippen molar-refractivity contribution in [3.05, 3.63) is 0 Å². The minimum atomic E-state index is -0.468. The van der Waals surface area contributed by atoms with Crippen molar-refractivity contribution in [3.8, 4) is 0 Å². The Morgan fingerprint density at radius 1 is 1.50 bits per heavy atom. The molecular weight excluding hydrogens is 202 g/mol. The lowest BCUT2D eigenvalue weighted by Gasteiger charge is -2.18. The molecular formula is C8H17N3O2S. The van der Waals surface area contributed by atoms with E-state index in [1.54, 1.807) is 14.0 Å². The maximum atomic E-state index is 10.7. The Morgan fingerprint density at radius 3 is 2.50 bits per heavy atom. The summed E-state index contributed by atoms with van der Waals surface area (Å²) in [5, 5.41) is 6.12. The molecule has 0 aliphatic rings. The van der Waals surface area contributed by atoms with Gasteiger partial charge in [-0.05, 0) is 26.1 Å². The zero-order valence-corrected chi connectivity index (χ0v) is 9.48. The van der Waals surface area contributed by atoms with Crippen molar-refractivity contribution in [1.29, 1.82) is 0 Å². The van der Waals surface area contributed by atoms with Crippen LogP contribution in [0.5, 0.6) is 0 Å². The minimum Gasteiger partial charge on any atom is -0.383 e. The molecule has 0 saturated carbocycles. The molecule has 0 aliphatic carbocycles. The molecule has 0 bridgehead atoms. The first-order valence-corrected chi connectivity index (χ1v) is 4.73. The number of ether oxygens (including phenoxy) is 1. The zero-order valence-electron chi connectivity index (χ0n) is 8.66. The molecule has 0 aliphatic heterocycles. The standard InChI is InChI=1S/C8H17N3O2S/c1-5(4-13-3)10-8(14)11-6(2)7(9)12/h5-6H,4H2,1-3H3,(H2,9,12)(H2,10,11,14). The summed E-state index contributed by atoms with van der Waals surface area (Å²) in [6.07, 6.45) is 0. The van der Waals surface area contributed by atoms with E-state index in [0.717, 1.165) is 0 Å². The van der Waals surface area contributed by atoms with Gasteiger partial charge in [-0.15, -0.1) is 0 Å². The average molecular weight is 219 g/mol. The third kappa shape index (κ3) is 5.71. The lowest BCUT2D eigenvalue weighted by molar-refractivity contribution is -0.119. The summed E-state index contributed by atoms with van der Waals surface area (Å²) >= 11 is 4.95. The molecule has 0 spiro atoms. The van der Waals surface area contributed by atoms with Gasteiger partial charge in [0.05, 0.1) is 6.61 Å². The Labute approximate surface area is 89.4 Å². The summed E-state index contributed by atoms with van der Waals surface area (Å²) in [6, 6.07) is -0.371. The summed E-state index contributed by atoms with van der Waals surface area (Å²) < 4.78 is 4.92. The van der Waals surface area contributed by atoms with E-state index in [4.69, 9.17) is 22.7 Å². The molecule has 0 heterocycles. The molecule has 2 atom stereocenters. The van der Waals surface area contributed by atoms with Crippen LogP contribution in [-0.4, -0.2) is 36.8 Å². The van der Waals surface area contributed by atoms with Crippen LogP contribution in [0, 0.1) is 0 Å². The van der Waals surface area contributed by atoms with Gasteiger partial charge < -0.3 is 21.1 Å². The fourth-order valence-corrected chi connectivity index (χ4v) is 1.20. The highest BCUT2D eigenvalue weighted by Crippen LogP contribution is 1.84. The van der Waals surface area contributed by atoms with E-state index in [1.807, 2.05) is 6.92 Å². The van der Waals surface area contributed by atoms with Gasteiger partial charge in [-0.2, -0.15) is 0 Å². The van der Waals surface area contributed by atoms with E-state index in [-0.39, 0.29) is 6.04 Å². The fraction of sp³-hybridized carbons (Fsp3) is 0.750. The molecule has 0 aromatic heterocycles. The summed E-state index contributed by atoms with van der Waals surface area (Å²) in [5.74, 6) is -0.437. The first-order valence-electron chi connectivity index (χ1n) is 4.32. The number of primary amides is 1. The Hall–Kier alpha value is -0.880. The molecule has 0 rings (SSSR count). The molecule has 0 aromatic rings. The quantitative estimate of drug-likeness (QED) is 0.536. The van der Waals surface area contributed by atoms with Crippen LogP contribution < -0.4 is 16.4 Å². The lowest BCUT2D eigenvalue weighted by atomic mass is 10.3. The van der Waals surface area contributed by atoms with Gasteiger partial charge in [0.25, 0.3) is 0 Å². The molecule has 5 nitrogen and oxygen atoms in total. The Bertz CT molecular complexity index is 211. The number of methoxy groups -OCH3 is 1. The van der Waals surface area contributed by atoms with Crippen LogP contribution in [0.4, 0.5) is 0 Å². The SMILES string of the molecule is COCC(C)NC(=S)NC(C)C(N)=O. The second kappa shape index (κ2) is 6.56. The third-order valence-corrected chi connectivity index (χ3v) is 1.80. The van der Waals surface area contributed by atoms with E-state index < -0.39 is 11.9 Å². The largest absolute Gasteiger partial charge is 0.383 e. The molecule has 0 aromatic carbocycles. The first kappa shape index (κ1) is 13.1. The van der Waals surface area contributed by atoms with Crippen LogP contribution in [0.25, 0.3) is 0 Å². The Kier molecular flexibility index (Phi) is 6.14. The third-order valence-electron chi connectivity index (χ3n) is 1.57. The maximum Gasteiger partial charge on any atom is 0.239 e. The van der Waals surface area contributed by atoms with Crippen LogP contribution in [0.15, 0.2) is 0 Å². The number of rotatable bonds is 5. The van der Waals surface area contributed by atoms with E-state index in [9.17, 15) is 4.79 Å². The van der Waals surface area contributed by atoms with Gasteiger partial charge in [-0.3, -0.25) is 4.79 Å². The molecule has 2 unspecified atom stereocenters. The smallest absolute Gasteiger partial charge is 0.239 e. The van der Waals surface area contributed by atoms with Crippen molar-refractivity contribution in [2.75, 3.05) is 13.7 Å². The number of carbonyl (C=O) groups excluding carboxylic acids is 1. The first-order chi connectivity index (χ1) is 6.47. The van der Waals surface area contributed by atoms with E-state index in [2.05, 4.69) is 10.6 Å². The maximum absolute atomic E-state index is 10.7. The van der Waals surface area contributed by atoms with Crippen LogP contribution in [0.3, 0.4) is 0 Å². The van der Waals surface area contributed by atoms with Crippen molar-refractivity contribution in [3.63, 3.8) is 0 Å². The summed E-state index contributed by atoms with van der Waals surface area (Å²) in [4.78, 5) is 10.7. The second-order valence-corrected chi connectivity index (χ2v) is 3.51. The van der Waals surface area contributed by atoms with E-state index in [1.165, 1.54) is 0 Å². The van der Waals surface area contributed by atoms with Gasteiger partial charge in [-0.25, -0.2) is 0 Å². The van der Waals surface area contributed by atoms with Crippen LogP contribution in [0.2, 0.25) is 0 Å². The number of nitrogens with two attached hydrogens (primary N) is 1. The van der Waals surface area contributed by atoms with Crippen molar-refractivity contribution >= 4 is 23.2 Å². The van der Waals surface area contributed by atoms with Crippen LogP contribution in [0.1, 0.15) is 13.8 Å². The van der Waals surface area contributed by atoms with Gasteiger partial charge in [0, 0.05) is 13.2 Å². The highest BCUT2D eigenvalue weighted by molar-refractivity contribution is 7.80. The summed E-state index contributed by atoms with van der Waals surface area (Å²) in [7, 11) is 1.61. The van der Waals surface area contributed by atoms with Crippen molar-refractivity contribution in [1.82, 2.24) is 10.6 Å². The van der Waals surface area contributed by atoms with Crippen molar-refractivity contribution in [2.24, 2.45) is 5.73 Å². The number of thiocarbonyl (C=S) groups is 1. The monoisotopic (exact) mass is 219 g/mol. The summed E-state index contributed by atoms with van der Waals surface area (Å²) in [6.45, 7) is 4.12. The van der Waals surface area contributed by atoms with Crippen molar-refractivity contribution < 1.29 is 9.53 Å². The highest BCUT2D eigenvalue weighted by atomic mass is 32.1. The molecule has 0 fully saturated rings. The van der Waals surface area contributed by atoms with Crippen LogP contribution in [-0.2, 0) is 9.53 Å². The molecule has 82 valence electrons. The van der Waals surface area contributed by atoms with Gasteiger partial charge in [0.1, 0.15) is 6.04 Å². The fourth-order valence-electron chi connectivity index (χ4n) is 0.825. The van der Waals surface area contributed by atoms with Gasteiger partial charge >= 0.3 is 0 Å². The second-order valence-electron chi connectivity index (χ2n) is 3.10. The predicted molar refractivity (Wildman–Crippen MR) is 58.9 cm³/mol. The molecule has 0 saturated heterocycles. The topological polar surface area (TPSA) is 76.4 Å². The number of hydrogen-bond acceptors (Lipinski definition) is 3. The van der Waals surface area contributed by atoms with E-state index in [0.29, 0.717) is 11.7 Å². The molecule has 6 heteroatoms. The number of amides is 1. The molecule has 1 amide bonds. The Balaban J connectivity index is 3.80. The van der Waals surface area contributed by atoms with E-state index >= 15 is 0 Å². The van der Waals surface area contributed by atoms with Crippen molar-refractivity contribution in [2.45, 2.75) is 25.9 Å². The number of nitrogens with one attached hydrogen (secondary N) is 2. The lowest BCUT2D eigenvalue weighted by Crippen LogP contribution is -2.49. The van der Waals surface area contributed by atoms with Gasteiger partial charge in [0.2, 0.25) is 5.91 Å².